The molecular formula is C14H15NO2S. The van der Waals surface area contributed by atoms with Gasteiger partial charge >= 0.3 is 5.97 Å². The topological polar surface area (TPSA) is 40.5 Å². The van der Waals surface area contributed by atoms with Crippen molar-refractivity contribution in [3.05, 3.63) is 57.8 Å². The van der Waals surface area contributed by atoms with E-state index in [0.717, 1.165) is 5.56 Å². The van der Waals surface area contributed by atoms with Crippen LogP contribution < -0.4 is 0 Å². The molecule has 0 aliphatic heterocycles. The average molecular weight is 261 g/mol. The Kier molecular flexibility index (Phi) is 3.79. The first kappa shape index (κ1) is 12.8. The largest absolute Gasteiger partial charge is 0.478 e. The number of nitrogens with zero attached hydrogens (tertiary/aromatic N) is 1. The summed E-state index contributed by atoms with van der Waals surface area (Å²) in [5, 5.41) is 11.1. The average Bonchev–Trinajstić information content (AvgIpc) is 2.82. The van der Waals surface area contributed by atoms with Gasteiger partial charge in [0.05, 0.1) is 11.6 Å². The Bertz CT molecular complexity index is 534. The fraction of sp³-hybridized carbons (Fsp3) is 0.214. The number of aromatic carboxylic acids is 1. The van der Waals surface area contributed by atoms with Gasteiger partial charge in [0.15, 0.2) is 0 Å². The normalized spacial score (nSPS) is 12.6. The summed E-state index contributed by atoms with van der Waals surface area (Å²) in [6, 6.07) is 11.3. The lowest BCUT2D eigenvalue weighted by Crippen LogP contribution is -2.20. The van der Waals surface area contributed by atoms with Gasteiger partial charge in [-0.25, -0.2) is 4.79 Å². The van der Waals surface area contributed by atoms with Gasteiger partial charge in [-0.2, -0.15) is 0 Å². The standard InChI is InChI=1S/C14H15NO2S/c1-15(2)13(12-7-4-8-18-12)10-5-3-6-11(9-10)14(16)17/h3-9,13H,1-2H3,(H,16,17). The highest BCUT2D eigenvalue weighted by atomic mass is 32.1. The van der Waals surface area contributed by atoms with E-state index in [2.05, 4.69) is 11.0 Å². The van der Waals surface area contributed by atoms with Crippen LogP contribution in [0.3, 0.4) is 0 Å². The van der Waals surface area contributed by atoms with Crippen molar-refractivity contribution in [3.63, 3.8) is 0 Å². The molecule has 1 heterocycles. The molecule has 2 rings (SSSR count). The molecule has 0 fully saturated rings. The highest BCUT2D eigenvalue weighted by Gasteiger charge is 2.18. The molecule has 1 unspecified atom stereocenters. The molecule has 0 spiro atoms. The lowest BCUT2D eigenvalue weighted by Gasteiger charge is -2.24. The predicted molar refractivity (Wildman–Crippen MR) is 73.3 cm³/mol. The van der Waals surface area contributed by atoms with Crippen LogP contribution in [0, 0.1) is 0 Å². The molecule has 0 saturated heterocycles. The van der Waals surface area contributed by atoms with E-state index in [4.69, 9.17) is 5.11 Å². The van der Waals surface area contributed by atoms with E-state index < -0.39 is 5.97 Å². The molecule has 2 aromatic rings. The molecular weight excluding hydrogens is 246 g/mol. The van der Waals surface area contributed by atoms with Gasteiger partial charge < -0.3 is 5.11 Å². The Labute approximate surface area is 110 Å². The zero-order valence-electron chi connectivity index (χ0n) is 10.3. The van der Waals surface area contributed by atoms with Gasteiger partial charge in [0, 0.05) is 4.88 Å². The Balaban J connectivity index is 2.43. The molecule has 0 saturated carbocycles. The second-order valence-corrected chi connectivity index (χ2v) is 5.29. The summed E-state index contributed by atoms with van der Waals surface area (Å²) >= 11 is 1.68. The first-order valence-electron chi connectivity index (χ1n) is 5.62. The number of carboxylic acids is 1. The third-order valence-corrected chi connectivity index (χ3v) is 3.70. The van der Waals surface area contributed by atoms with E-state index in [9.17, 15) is 4.79 Å². The van der Waals surface area contributed by atoms with Crippen molar-refractivity contribution >= 4 is 17.3 Å². The second-order valence-electron chi connectivity index (χ2n) is 4.31. The van der Waals surface area contributed by atoms with Crippen LogP contribution in [0.15, 0.2) is 41.8 Å². The minimum Gasteiger partial charge on any atom is -0.478 e. The van der Waals surface area contributed by atoms with Crippen LogP contribution in [-0.4, -0.2) is 30.1 Å². The minimum absolute atomic E-state index is 0.101. The van der Waals surface area contributed by atoms with E-state index in [1.165, 1.54) is 4.88 Å². The lowest BCUT2D eigenvalue weighted by molar-refractivity contribution is 0.0696. The molecule has 3 nitrogen and oxygen atoms in total. The van der Waals surface area contributed by atoms with Crippen molar-refractivity contribution in [3.8, 4) is 0 Å². The fourth-order valence-corrected chi connectivity index (χ4v) is 2.95. The van der Waals surface area contributed by atoms with Gasteiger partial charge in [-0.05, 0) is 43.2 Å². The zero-order chi connectivity index (χ0) is 13.1. The number of hydrogen-bond acceptors (Lipinski definition) is 3. The van der Waals surface area contributed by atoms with Crippen LogP contribution in [0.2, 0.25) is 0 Å². The Morgan fingerprint density at radius 1 is 1.28 bits per heavy atom. The molecule has 18 heavy (non-hydrogen) atoms. The molecule has 94 valence electrons. The number of thiophene rings is 1. The van der Waals surface area contributed by atoms with Gasteiger partial charge in [-0.3, -0.25) is 4.90 Å². The molecule has 1 aromatic heterocycles. The van der Waals surface area contributed by atoms with Crippen molar-refractivity contribution in [2.75, 3.05) is 14.1 Å². The van der Waals surface area contributed by atoms with Gasteiger partial charge in [0.25, 0.3) is 0 Å². The highest BCUT2D eigenvalue weighted by Crippen LogP contribution is 2.30. The van der Waals surface area contributed by atoms with E-state index >= 15 is 0 Å². The lowest BCUT2D eigenvalue weighted by atomic mass is 10.0. The molecule has 0 bridgehead atoms. The quantitative estimate of drug-likeness (QED) is 0.919. The van der Waals surface area contributed by atoms with Gasteiger partial charge in [-0.1, -0.05) is 18.2 Å². The second kappa shape index (κ2) is 5.33. The summed E-state index contributed by atoms with van der Waals surface area (Å²) in [5.74, 6) is -0.888. The van der Waals surface area contributed by atoms with Crippen LogP contribution in [0.4, 0.5) is 0 Å². The number of rotatable bonds is 4. The predicted octanol–water partition coefficient (Wildman–Crippen LogP) is 3.10. The number of benzene rings is 1. The number of hydrogen-bond donors (Lipinski definition) is 1. The summed E-state index contributed by atoms with van der Waals surface area (Å²) in [5.41, 5.74) is 1.33. The summed E-state index contributed by atoms with van der Waals surface area (Å²) < 4.78 is 0. The molecule has 0 amide bonds. The summed E-state index contributed by atoms with van der Waals surface area (Å²) in [6.07, 6.45) is 0. The van der Waals surface area contributed by atoms with E-state index in [1.54, 1.807) is 29.5 Å². The third kappa shape index (κ3) is 2.60. The number of carboxylic acid groups (broad SMARTS) is 1. The maximum atomic E-state index is 11.0. The maximum absolute atomic E-state index is 11.0. The Morgan fingerprint density at radius 2 is 2.06 bits per heavy atom. The molecule has 0 aliphatic rings. The zero-order valence-corrected chi connectivity index (χ0v) is 11.1. The van der Waals surface area contributed by atoms with E-state index in [0.29, 0.717) is 5.56 Å². The summed E-state index contributed by atoms with van der Waals surface area (Å²) in [4.78, 5) is 14.3. The van der Waals surface area contributed by atoms with E-state index in [-0.39, 0.29) is 6.04 Å². The minimum atomic E-state index is -0.888. The van der Waals surface area contributed by atoms with Gasteiger partial charge in [-0.15, -0.1) is 11.3 Å². The van der Waals surface area contributed by atoms with Crippen LogP contribution in [0.5, 0.6) is 0 Å². The monoisotopic (exact) mass is 261 g/mol. The van der Waals surface area contributed by atoms with Crippen LogP contribution >= 0.6 is 11.3 Å². The summed E-state index contributed by atoms with van der Waals surface area (Å²) in [7, 11) is 4.00. The maximum Gasteiger partial charge on any atom is 0.335 e. The Hall–Kier alpha value is -1.65. The van der Waals surface area contributed by atoms with Crippen molar-refractivity contribution in [1.82, 2.24) is 4.90 Å². The van der Waals surface area contributed by atoms with E-state index in [1.807, 2.05) is 31.6 Å². The molecule has 1 N–H and O–H groups in total. The number of carbonyl (C=O) groups is 1. The van der Waals surface area contributed by atoms with Crippen LogP contribution in [0.1, 0.15) is 26.8 Å². The van der Waals surface area contributed by atoms with Gasteiger partial charge in [0.1, 0.15) is 0 Å². The first-order chi connectivity index (χ1) is 8.59. The van der Waals surface area contributed by atoms with Crippen LogP contribution in [-0.2, 0) is 0 Å². The third-order valence-electron chi connectivity index (χ3n) is 2.78. The van der Waals surface area contributed by atoms with Crippen LogP contribution in [0.25, 0.3) is 0 Å². The molecule has 0 radical (unpaired) electrons. The fourth-order valence-electron chi connectivity index (χ4n) is 2.01. The SMILES string of the molecule is CN(C)C(c1cccc(C(=O)O)c1)c1cccs1. The van der Waals surface area contributed by atoms with Crippen molar-refractivity contribution < 1.29 is 9.90 Å². The molecule has 4 heteroatoms. The van der Waals surface area contributed by atoms with Gasteiger partial charge in [0.2, 0.25) is 0 Å². The van der Waals surface area contributed by atoms with Crippen molar-refractivity contribution in [2.45, 2.75) is 6.04 Å². The molecule has 1 aromatic carbocycles. The smallest absolute Gasteiger partial charge is 0.335 e. The van der Waals surface area contributed by atoms with Crippen molar-refractivity contribution in [1.29, 1.82) is 0 Å². The molecule has 1 atom stereocenters. The highest BCUT2D eigenvalue weighted by molar-refractivity contribution is 7.10. The van der Waals surface area contributed by atoms with Crippen molar-refractivity contribution in [2.24, 2.45) is 0 Å². The molecule has 0 aliphatic carbocycles. The summed E-state index contributed by atoms with van der Waals surface area (Å²) in [6.45, 7) is 0. The Morgan fingerprint density at radius 3 is 2.61 bits per heavy atom. The first-order valence-corrected chi connectivity index (χ1v) is 6.50.